The summed E-state index contributed by atoms with van der Waals surface area (Å²) in [5.41, 5.74) is 3.89. The van der Waals surface area contributed by atoms with Gasteiger partial charge in [0.05, 0.1) is 18.9 Å². The highest BCUT2D eigenvalue weighted by molar-refractivity contribution is 6.14. The first-order valence-corrected chi connectivity index (χ1v) is 7.96. The van der Waals surface area contributed by atoms with E-state index >= 15 is 0 Å². The first-order chi connectivity index (χ1) is 11.6. The Morgan fingerprint density at radius 1 is 1.25 bits per heavy atom. The zero-order valence-corrected chi connectivity index (χ0v) is 14.1. The lowest BCUT2D eigenvalue weighted by Crippen LogP contribution is -2.41. The molecule has 1 aliphatic rings. The van der Waals surface area contributed by atoms with Gasteiger partial charge < -0.3 is 10.1 Å². The van der Waals surface area contributed by atoms with Crippen molar-refractivity contribution in [3.63, 3.8) is 0 Å². The highest BCUT2D eigenvalue weighted by Gasteiger charge is 2.26. The molecule has 3 rings (SSSR count). The number of ether oxygens (including phenoxy) is 1. The molecular weight excluding hydrogens is 302 g/mol. The number of hydrogen-bond acceptors (Lipinski definition) is 3. The molecule has 0 fully saturated rings. The van der Waals surface area contributed by atoms with Crippen molar-refractivity contribution in [3.05, 3.63) is 65.2 Å². The van der Waals surface area contributed by atoms with Crippen LogP contribution in [0, 0.1) is 0 Å². The van der Waals surface area contributed by atoms with Gasteiger partial charge in [0.2, 0.25) is 0 Å². The maximum atomic E-state index is 12.3. The molecule has 1 heterocycles. The summed E-state index contributed by atoms with van der Waals surface area (Å²) in [6, 6.07) is 15.6. The maximum Gasteiger partial charge on any atom is 0.337 e. The van der Waals surface area contributed by atoms with Gasteiger partial charge >= 0.3 is 6.03 Å². The van der Waals surface area contributed by atoms with Crippen molar-refractivity contribution < 1.29 is 9.53 Å². The van der Waals surface area contributed by atoms with Crippen LogP contribution in [0.1, 0.15) is 23.6 Å². The smallest absolute Gasteiger partial charge is 0.337 e. The number of benzene rings is 2. The molecule has 5 heteroatoms. The number of urea groups is 1. The summed E-state index contributed by atoms with van der Waals surface area (Å²) in [4.78, 5) is 12.3. The molecule has 0 aromatic heterocycles. The number of methoxy groups -OCH3 is 1. The minimum atomic E-state index is -0.212. The fourth-order valence-electron chi connectivity index (χ4n) is 2.92. The molecule has 2 aromatic carbocycles. The average Bonchev–Trinajstić information content (AvgIpc) is 2.77. The number of carbonyl (C=O) groups excluding carboxylic acids is 1. The van der Waals surface area contributed by atoms with Crippen LogP contribution in [-0.2, 0) is 6.42 Å². The van der Waals surface area contributed by atoms with Crippen LogP contribution in [0.4, 0.5) is 4.79 Å². The van der Waals surface area contributed by atoms with E-state index in [1.54, 1.807) is 14.2 Å². The SMILES string of the molecule is CNC(=O)N1N=C(c2ccccc2)c2cc(OC)ccc2CC1C. The molecule has 2 aromatic rings. The monoisotopic (exact) mass is 323 g/mol. The van der Waals surface area contributed by atoms with E-state index in [-0.39, 0.29) is 12.1 Å². The molecule has 0 radical (unpaired) electrons. The Morgan fingerprint density at radius 2 is 2.00 bits per heavy atom. The van der Waals surface area contributed by atoms with Gasteiger partial charge in [0.25, 0.3) is 0 Å². The van der Waals surface area contributed by atoms with Crippen molar-refractivity contribution in [2.75, 3.05) is 14.2 Å². The van der Waals surface area contributed by atoms with Crippen LogP contribution in [0.25, 0.3) is 0 Å². The zero-order chi connectivity index (χ0) is 17.1. The zero-order valence-electron chi connectivity index (χ0n) is 14.1. The summed E-state index contributed by atoms with van der Waals surface area (Å²) < 4.78 is 5.38. The van der Waals surface area contributed by atoms with Crippen LogP contribution in [0.15, 0.2) is 53.6 Å². The van der Waals surface area contributed by atoms with Crippen molar-refractivity contribution in [1.29, 1.82) is 0 Å². The molecule has 24 heavy (non-hydrogen) atoms. The number of hydrazone groups is 1. The largest absolute Gasteiger partial charge is 0.497 e. The Balaban J connectivity index is 2.20. The lowest BCUT2D eigenvalue weighted by atomic mass is 9.94. The van der Waals surface area contributed by atoms with Crippen LogP contribution in [-0.4, -0.2) is 37.0 Å². The maximum absolute atomic E-state index is 12.3. The Bertz CT molecular complexity index is 771. The van der Waals surface area contributed by atoms with Crippen LogP contribution in [0.2, 0.25) is 0 Å². The van der Waals surface area contributed by atoms with Crippen molar-refractivity contribution in [3.8, 4) is 5.75 Å². The molecular formula is C19H21N3O2. The Kier molecular flexibility index (Phi) is 4.51. The van der Waals surface area contributed by atoms with Gasteiger partial charge in [-0.1, -0.05) is 36.4 Å². The summed E-state index contributed by atoms with van der Waals surface area (Å²) >= 11 is 0. The van der Waals surface area contributed by atoms with E-state index in [4.69, 9.17) is 9.84 Å². The molecule has 1 aliphatic heterocycles. The van der Waals surface area contributed by atoms with Crippen LogP contribution in [0.5, 0.6) is 5.75 Å². The number of hydrogen-bond donors (Lipinski definition) is 1. The van der Waals surface area contributed by atoms with Crippen LogP contribution < -0.4 is 10.1 Å². The number of rotatable bonds is 2. The molecule has 124 valence electrons. The summed E-state index contributed by atoms with van der Waals surface area (Å²) in [6.07, 6.45) is 0.729. The molecule has 0 aliphatic carbocycles. The van der Waals surface area contributed by atoms with E-state index in [9.17, 15) is 4.79 Å². The summed E-state index contributed by atoms with van der Waals surface area (Å²) in [7, 11) is 3.27. The number of amides is 2. The van der Waals surface area contributed by atoms with Crippen molar-refractivity contribution in [2.45, 2.75) is 19.4 Å². The Labute approximate surface area is 141 Å². The van der Waals surface area contributed by atoms with E-state index in [0.29, 0.717) is 0 Å². The predicted octanol–water partition coefficient (Wildman–Crippen LogP) is 3.03. The Hall–Kier alpha value is -2.82. The van der Waals surface area contributed by atoms with Crippen LogP contribution in [0.3, 0.4) is 0 Å². The predicted molar refractivity (Wildman–Crippen MR) is 94.5 cm³/mol. The van der Waals surface area contributed by atoms with Gasteiger partial charge in [-0.3, -0.25) is 0 Å². The first-order valence-electron chi connectivity index (χ1n) is 7.96. The highest BCUT2D eigenvalue weighted by atomic mass is 16.5. The minimum Gasteiger partial charge on any atom is -0.497 e. The fraction of sp³-hybridized carbons (Fsp3) is 0.263. The molecule has 0 bridgehead atoms. The minimum absolute atomic E-state index is 0.0432. The second-order valence-corrected chi connectivity index (χ2v) is 5.79. The van der Waals surface area contributed by atoms with Crippen LogP contribution >= 0.6 is 0 Å². The molecule has 5 nitrogen and oxygen atoms in total. The van der Waals surface area contributed by atoms with E-state index in [0.717, 1.165) is 34.6 Å². The molecule has 2 amide bonds. The highest BCUT2D eigenvalue weighted by Crippen LogP contribution is 2.27. The van der Waals surface area contributed by atoms with E-state index in [1.807, 2.05) is 49.4 Å². The molecule has 0 saturated heterocycles. The second kappa shape index (κ2) is 6.74. The van der Waals surface area contributed by atoms with E-state index in [2.05, 4.69) is 11.4 Å². The van der Waals surface area contributed by atoms with E-state index in [1.165, 1.54) is 5.01 Å². The lowest BCUT2D eigenvalue weighted by molar-refractivity contribution is 0.184. The van der Waals surface area contributed by atoms with Crippen molar-refractivity contribution in [1.82, 2.24) is 10.3 Å². The molecule has 0 spiro atoms. The Morgan fingerprint density at radius 3 is 2.67 bits per heavy atom. The van der Waals surface area contributed by atoms with Gasteiger partial charge in [0.1, 0.15) is 5.75 Å². The van der Waals surface area contributed by atoms with Crippen molar-refractivity contribution >= 4 is 11.7 Å². The topological polar surface area (TPSA) is 53.9 Å². The first kappa shape index (κ1) is 16.1. The third-order valence-electron chi connectivity index (χ3n) is 4.18. The molecule has 0 saturated carbocycles. The van der Waals surface area contributed by atoms with Gasteiger partial charge in [-0.2, -0.15) is 5.10 Å². The standard InChI is InChI=1S/C19H21N3O2/c1-13-11-15-9-10-16(24-3)12-17(15)18(14-7-5-4-6-8-14)21-22(13)19(23)20-2/h4-10,12-13H,11H2,1-3H3,(H,20,23). The molecule has 1 atom stereocenters. The third kappa shape index (κ3) is 2.97. The summed E-state index contributed by atoms with van der Waals surface area (Å²) in [6.45, 7) is 2.00. The average molecular weight is 323 g/mol. The van der Waals surface area contributed by atoms with Gasteiger partial charge in [-0.15, -0.1) is 0 Å². The second-order valence-electron chi connectivity index (χ2n) is 5.79. The number of nitrogens with zero attached hydrogens (tertiary/aromatic N) is 2. The van der Waals surface area contributed by atoms with Gasteiger partial charge in [-0.25, -0.2) is 9.80 Å². The number of nitrogens with one attached hydrogen (secondary N) is 1. The third-order valence-corrected chi connectivity index (χ3v) is 4.18. The van der Waals surface area contributed by atoms with E-state index < -0.39 is 0 Å². The molecule has 1 N–H and O–H groups in total. The quantitative estimate of drug-likeness (QED) is 0.923. The fourth-order valence-corrected chi connectivity index (χ4v) is 2.92. The van der Waals surface area contributed by atoms with Gasteiger partial charge in [0, 0.05) is 18.2 Å². The van der Waals surface area contributed by atoms with Crippen molar-refractivity contribution in [2.24, 2.45) is 5.10 Å². The number of fused-ring (bicyclic) bond motifs is 1. The molecule has 1 unspecified atom stereocenters. The van der Waals surface area contributed by atoms with Gasteiger partial charge in [0.15, 0.2) is 0 Å². The normalized spacial score (nSPS) is 16.7. The lowest BCUT2D eigenvalue weighted by Gasteiger charge is -2.22. The summed E-state index contributed by atoms with van der Waals surface area (Å²) in [5, 5.41) is 8.89. The van der Waals surface area contributed by atoms with Gasteiger partial charge in [-0.05, 0) is 31.0 Å². The summed E-state index contributed by atoms with van der Waals surface area (Å²) in [5.74, 6) is 0.776. The number of carbonyl (C=O) groups is 1.